The second-order valence-electron chi connectivity index (χ2n) is 6.63. The maximum atomic E-state index is 12.9. The van der Waals surface area contributed by atoms with Crippen molar-refractivity contribution in [2.45, 2.75) is 39.2 Å². The van der Waals surface area contributed by atoms with Crippen molar-refractivity contribution in [2.24, 2.45) is 5.41 Å². The third kappa shape index (κ3) is 2.67. The van der Waals surface area contributed by atoms with Gasteiger partial charge in [0.15, 0.2) is 0 Å². The van der Waals surface area contributed by atoms with Crippen molar-refractivity contribution in [2.75, 3.05) is 13.2 Å². The van der Waals surface area contributed by atoms with Crippen LogP contribution in [-0.2, 0) is 4.79 Å². The number of carbonyl (C=O) groups excluding carboxylic acids is 2. The first-order chi connectivity index (χ1) is 11.0. The molecule has 23 heavy (non-hydrogen) atoms. The van der Waals surface area contributed by atoms with Crippen molar-refractivity contribution in [3.63, 3.8) is 0 Å². The summed E-state index contributed by atoms with van der Waals surface area (Å²) in [5.74, 6) is 0.195. The summed E-state index contributed by atoms with van der Waals surface area (Å²) in [6, 6.07) is 4.92. The molecule has 6 heteroatoms. The van der Waals surface area contributed by atoms with Crippen molar-refractivity contribution in [1.29, 1.82) is 0 Å². The van der Waals surface area contributed by atoms with Gasteiger partial charge in [0.05, 0.1) is 12.6 Å². The zero-order valence-electron chi connectivity index (χ0n) is 13.5. The van der Waals surface area contributed by atoms with Gasteiger partial charge < -0.3 is 9.64 Å². The Bertz CT molecular complexity index is 639. The molecule has 1 aliphatic carbocycles. The van der Waals surface area contributed by atoms with E-state index in [4.69, 9.17) is 9.94 Å². The van der Waals surface area contributed by atoms with Crippen molar-refractivity contribution in [1.82, 2.24) is 10.4 Å². The van der Waals surface area contributed by atoms with Gasteiger partial charge in [0.2, 0.25) is 5.91 Å². The Kier molecular flexibility index (Phi) is 4.02. The molecule has 3 rings (SSSR count). The highest BCUT2D eigenvalue weighted by Gasteiger charge is 2.43. The number of rotatable bonds is 2. The summed E-state index contributed by atoms with van der Waals surface area (Å²) in [6.07, 6.45) is 2.99. The highest BCUT2D eigenvalue weighted by atomic mass is 16.5. The van der Waals surface area contributed by atoms with Crippen molar-refractivity contribution >= 4 is 11.8 Å². The molecule has 2 aliphatic rings. The fourth-order valence-electron chi connectivity index (χ4n) is 3.37. The maximum absolute atomic E-state index is 12.9. The summed E-state index contributed by atoms with van der Waals surface area (Å²) in [4.78, 5) is 26.3. The van der Waals surface area contributed by atoms with Crippen LogP contribution in [0.5, 0.6) is 5.75 Å². The van der Waals surface area contributed by atoms with Crippen molar-refractivity contribution in [3.05, 3.63) is 29.3 Å². The lowest BCUT2D eigenvalue weighted by Gasteiger charge is -2.42. The Balaban J connectivity index is 1.89. The minimum atomic E-state index is -0.580. The highest BCUT2D eigenvalue weighted by Crippen LogP contribution is 2.44. The van der Waals surface area contributed by atoms with E-state index >= 15 is 0 Å². The number of nitrogens with one attached hydrogen (secondary N) is 1. The number of ether oxygens (including phenoxy) is 1. The number of hydrogen-bond donors (Lipinski definition) is 2. The first-order valence-electron chi connectivity index (χ1n) is 7.98. The third-order valence-electron chi connectivity index (χ3n) is 5.12. The van der Waals surface area contributed by atoms with Gasteiger partial charge in [-0.05, 0) is 31.9 Å². The van der Waals surface area contributed by atoms with E-state index in [1.54, 1.807) is 23.7 Å². The topological polar surface area (TPSA) is 78.9 Å². The van der Waals surface area contributed by atoms with E-state index in [0.29, 0.717) is 24.5 Å². The Hall–Kier alpha value is -2.08. The van der Waals surface area contributed by atoms with Gasteiger partial charge in [0.25, 0.3) is 5.91 Å². The first kappa shape index (κ1) is 15.8. The monoisotopic (exact) mass is 318 g/mol. The standard InChI is InChI=1S/C17H22N2O4/c1-11-13-5-4-12(15(20)18-22)10-14(13)23-9-8-19(11)16(21)17(2)6-3-7-17/h4-5,10-11,22H,3,6-9H2,1-2H3,(H,18,20). The lowest BCUT2D eigenvalue weighted by molar-refractivity contribution is -0.148. The maximum Gasteiger partial charge on any atom is 0.274 e. The Labute approximate surface area is 135 Å². The number of fused-ring (bicyclic) bond motifs is 1. The lowest BCUT2D eigenvalue weighted by atomic mass is 9.69. The molecule has 0 saturated heterocycles. The van der Waals surface area contributed by atoms with Gasteiger partial charge in [-0.15, -0.1) is 0 Å². The van der Waals surface area contributed by atoms with Crippen LogP contribution in [0.15, 0.2) is 18.2 Å². The fourth-order valence-corrected chi connectivity index (χ4v) is 3.37. The molecule has 1 aromatic rings. The van der Waals surface area contributed by atoms with E-state index in [2.05, 4.69) is 0 Å². The van der Waals surface area contributed by atoms with Gasteiger partial charge in [0.1, 0.15) is 12.4 Å². The average molecular weight is 318 g/mol. The minimum Gasteiger partial charge on any atom is -0.491 e. The minimum absolute atomic E-state index is 0.108. The fraction of sp³-hybridized carbons (Fsp3) is 0.529. The van der Waals surface area contributed by atoms with Gasteiger partial charge in [-0.1, -0.05) is 19.4 Å². The Morgan fingerprint density at radius 3 is 2.74 bits per heavy atom. The molecule has 124 valence electrons. The molecular weight excluding hydrogens is 296 g/mol. The van der Waals surface area contributed by atoms with Gasteiger partial charge >= 0.3 is 0 Å². The molecule has 1 aromatic carbocycles. The molecule has 0 spiro atoms. The number of hydrogen-bond acceptors (Lipinski definition) is 4. The van der Waals surface area contributed by atoms with Crippen LogP contribution in [-0.4, -0.2) is 35.1 Å². The van der Waals surface area contributed by atoms with Crippen molar-refractivity contribution < 1.29 is 19.5 Å². The van der Waals surface area contributed by atoms with E-state index in [1.807, 2.05) is 18.7 Å². The van der Waals surface area contributed by atoms with Crippen LogP contribution >= 0.6 is 0 Å². The molecule has 6 nitrogen and oxygen atoms in total. The summed E-state index contributed by atoms with van der Waals surface area (Å²) in [5.41, 5.74) is 2.58. The lowest BCUT2D eigenvalue weighted by Crippen LogP contribution is -2.47. The molecule has 2 N–H and O–H groups in total. The normalized spacial score (nSPS) is 22.2. The Morgan fingerprint density at radius 1 is 1.39 bits per heavy atom. The number of benzene rings is 1. The van der Waals surface area contributed by atoms with E-state index in [0.717, 1.165) is 24.8 Å². The predicted octanol–water partition coefficient (Wildman–Crippen LogP) is 2.28. The third-order valence-corrected chi connectivity index (χ3v) is 5.12. The van der Waals surface area contributed by atoms with Crippen LogP contribution in [0.25, 0.3) is 0 Å². The molecule has 1 saturated carbocycles. The summed E-state index contributed by atoms with van der Waals surface area (Å²) in [7, 11) is 0. The molecular formula is C17H22N2O4. The summed E-state index contributed by atoms with van der Waals surface area (Å²) < 4.78 is 5.74. The number of hydroxylamine groups is 1. The summed E-state index contributed by atoms with van der Waals surface area (Å²) in [5, 5.41) is 8.74. The van der Waals surface area contributed by atoms with E-state index in [9.17, 15) is 9.59 Å². The van der Waals surface area contributed by atoms with Crippen LogP contribution in [0.3, 0.4) is 0 Å². The van der Waals surface area contributed by atoms with Crippen LogP contribution in [0, 0.1) is 5.41 Å². The van der Waals surface area contributed by atoms with Gasteiger partial charge in [-0.25, -0.2) is 5.48 Å². The molecule has 2 amide bonds. The van der Waals surface area contributed by atoms with Gasteiger partial charge in [-0.2, -0.15) is 0 Å². The number of carbonyl (C=O) groups is 2. The van der Waals surface area contributed by atoms with E-state index in [-0.39, 0.29) is 17.4 Å². The average Bonchev–Trinajstić information content (AvgIpc) is 2.70. The predicted molar refractivity (Wildman–Crippen MR) is 83.3 cm³/mol. The van der Waals surface area contributed by atoms with Crippen LogP contribution in [0.1, 0.15) is 55.1 Å². The van der Waals surface area contributed by atoms with Crippen LogP contribution in [0.4, 0.5) is 0 Å². The second-order valence-corrected chi connectivity index (χ2v) is 6.63. The molecule has 1 atom stereocenters. The molecule has 1 fully saturated rings. The smallest absolute Gasteiger partial charge is 0.274 e. The zero-order chi connectivity index (χ0) is 16.6. The summed E-state index contributed by atoms with van der Waals surface area (Å²) in [6.45, 7) is 4.95. The molecule has 0 bridgehead atoms. The zero-order valence-corrected chi connectivity index (χ0v) is 13.5. The van der Waals surface area contributed by atoms with Gasteiger partial charge in [-0.3, -0.25) is 14.8 Å². The molecule has 1 aliphatic heterocycles. The molecule has 1 unspecified atom stereocenters. The second kappa shape index (κ2) is 5.85. The van der Waals surface area contributed by atoms with E-state index in [1.165, 1.54) is 0 Å². The number of nitrogens with zero attached hydrogens (tertiary/aromatic N) is 1. The van der Waals surface area contributed by atoms with Crippen molar-refractivity contribution in [3.8, 4) is 5.75 Å². The molecule has 0 radical (unpaired) electrons. The Morgan fingerprint density at radius 2 is 2.13 bits per heavy atom. The SMILES string of the molecule is CC1c2ccc(C(=O)NO)cc2OCCN1C(=O)C1(C)CCC1. The van der Waals surface area contributed by atoms with Crippen LogP contribution < -0.4 is 10.2 Å². The van der Waals surface area contributed by atoms with E-state index < -0.39 is 5.91 Å². The largest absolute Gasteiger partial charge is 0.491 e. The first-order valence-corrected chi connectivity index (χ1v) is 7.98. The van der Waals surface area contributed by atoms with Gasteiger partial charge in [0, 0.05) is 16.5 Å². The van der Waals surface area contributed by atoms with Crippen LogP contribution in [0.2, 0.25) is 0 Å². The summed E-state index contributed by atoms with van der Waals surface area (Å²) >= 11 is 0. The molecule has 1 heterocycles. The highest BCUT2D eigenvalue weighted by molar-refractivity contribution is 5.94. The quantitative estimate of drug-likeness (QED) is 0.648. The molecule has 0 aromatic heterocycles. The number of amides is 2.